The van der Waals surface area contributed by atoms with Crippen LogP contribution in [-0.2, 0) is 9.53 Å². The van der Waals surface area contributed by atoms with Crippen molar-refractivity contribution in [1.29, 1.82) is 0 Å². The van der Waals surface area contributed by atoms with Gasteiger partial charge in [-0.15, -0.1) is 0 Å². The number of carbonyl (C=O) groups is 1. The Kier molecular flexibility index (Phi) is 3.93. The maximum absolute atomic E-state index is 11.8. The molecule has 0 aliphatic carbocycles. The first-order valence-electron chi connectivity index (χ1n) is 4.70. The van der Waals surface area contributed by atoms with Crippen molar-refractivity contribution in [3.63, 3.8) is 0 Å². The van der Waals surface area contributed by atoms with Crippen LogP contribution < -0.4 is 0 Å². The third kappa shape index (κ3) is 3.56. The normalized spacial score (nSPS) is 13.2. The van der Waals surface area contributed by atoms with Gasteiger partial charge in [0.2, 0.25) is 0 Å². The summed E-state index contributed by atoms with van der Waals surface area (Å²) in [6.45, 7) is 1.42. The molecule has 0 amide bonds. The molecule has 88 valence electrons. The summed E-state index contributed by atoms with van der Waals surface area (Å²) in [4.78, 5) is 10.5. The summed E-state index contributed by atoms with van der Waals surface area (Å²) in [6, 6.07) is 8.89. The summed E-state index contributed by atoms with van der Waals surface area (Å²) in [7, 11) is 0. The van der Waals surface area contributed by atoms with Crippen LogP contribution in [0.3, 0.4) is 0 Å². The van der Waals surface area contributed by atoms with E-state index in [0.29, 0.717) is 0 Å². The van der Waals surface area contributed by atoms with Crippen LogP contribution in [0.1, 0.15) is 18.4 Å². The van der Waals surface area contributed by atoms with Crippen LogP contribution in [0.15, 0.2) is 30.3 Å². The number of benzene rings is 1. The van der Waals surface area contributed by atoms with Gasteiger partial charge >= 0.3 is 12.1 Å². The van der Waals surface area contributed by atoms with Crippen LogP contribution in [0.5, 0.6) is 0 Å². The number of hydrogen-bond acceptors (Lipinski definition) is 2. The fraction of sp³-hybridized carbons (Fsp3) is 0.364. The average molecular weight is 232 g/mol. The Morgan fingerprint density at radius 1 is 1.31 bits per heavy atom. The molecular formula is C11H11F3O2. The van der Waals surface area contributed by atoms with Crippen molar-refractivity contribution in [2.75, 3.05) is 6.61 Å². The molecule has 0 bridgehead atoms. The second kappa shape index (κ2) is 5.01. The molecule has 0 aliphatic rings. The van der Waals surface area contributed by atoms with E-state index in [9.17, 15) is 18.0 Å². The quantitative estimate of drug-likeness (QED) is 0.749. The molecule has 0 aliphatic heterocycles. The minimum Gasteiger partial charge on any atom is -0.458 e. The largest absolute Gasteiger partial charge is 0.490 e. The highest BCUT2D eigenvalue weighted by Crippen LogP contribution is 2.19. The molecule has 0 radical (unpaired) electrons. The molecule has 1 aromatic rings. The molecule has 0 N–H and O–H groups in total. The van der Waals surface area contributed by atoms with Crippen molar-refractivity contribution >= 4 is 5.97 Å². The zero-order valence-electron chi connectivity index (χ0n) is 8.62. The number of esters is 1. The van der Waals surface area contributed by atoms with Crippen molar-refractivity contribution in [2.45, 2.75) is 19.0 Å². The molecule has 0 aromatic heterocycles. The van der Waals surface area contributed by atoms with Crippen LogP contribution in [0.2, 0.25) is 0 Å². The number of alkyl halides is 3. The highest BCUT2D eigenvalue weighted by Gasteiger charge is 2.41. The standard InChI is InChI=1S/C11H11F3O2/c1-8(9-5-3-2-4-6-9)7-16-10(15)11(12,13)14/h2-6,8H,7H2,1H3/t8-/m0/s1. The second-order valence-corrected chi connectivity index (χ2v) is 3.41. The van der Waals surface area contributed by atoms with Crippen molar-refractivity contribution in [3.05, 3.63) is 35.9 Å². The third-order valence-electron chi connectivity index (χ3n) is 2.06. The molecule has 0 fully saturated rings. The number of rotatable bonds is 3. The van der Waals surface area contributed by atoms with E-state index in [2.05, 4.69) is 4.74 Å². The zero-order chi connectivity index (χ0) is 12.2. The van der Waals surface area contributed by atoms with Crippen LogP contribution in [0, 0.1) is 0 Å². The maximum atomic E-state index is 11.8. The summed E-state index contributed by atoms with van der Waals surface area (Å²) in [5.41, 5.74) is 0.831. The van der Waals surface area contributed by atoms with Gasteiger partial charge in [-0.2, -0.15) is 13.2 Å². The average Bonchev–Trinajstić information content (AvgIpc) is 2.25. The molecule has 1 atom stereocenters. The van der Waals surface area contributed by atoms with Crippen molar-refractivity contribution in [2.24, 2.45) is 0 Å². The molecule has 2 nitrogen and oxygen atoms in total. The lowest BCUT2D eigenvalue weighted by molar-refractivity contribution is -0.200. The van der Waals surface area contributed by atoms with E-state index in [-0.39, 0.29) is 12.5 Å². The second-order valence-electron chi connectivity index (χ2n) is 3.41. The van der Waals surface area contributed by atoms with Gasteiger partial charge in [0.05, 0.1) is 6.61 Å². The summed E-state index contributed by atoms with van der Waals surface area (Å²) in [5, 5.41) is 0. The van der Waals surface area contributed by atoms with Gasteiger partial charge in [-0.3, -0.25) is 0 Å². The molecule has 0 heterocycles. The lowest BCUT2D eigenvalue weighted by atomic mass is 10.0. The molecule has 0 saturated heterocycles. The fourth-order valence-corrected chi connectivity index (χ4v) is 1.16. The number of ether oxygens (including phenoxy) is 1. The van der Waals surface area contributed by atoms with E-state index in [4.69, 9.17) is 0 Å². The van der Waals surface area contributed by atoms with E-state index in [1.807, 2.05) is 0 Å². The van der Waals surface area contributed by atoms with E-state index in [1.54, 1.807) is 37.3 Å². The summed E-state index contributed by atoms with van der Waals surface area (Å²) in [5.74, 6) is -2.40. The molecular weight excluding hydrogens is 221 g/mol. The lowest BCUT2D eigenvalue weighted by Gasteiger charge is -2.13. The minimum atomic E-state index is -4.92. The maximum Gasteiger partial charge on any atom is 0.490 e. The van der Waals surface area contributed by atoms with E-state index >= 15 is 0 Å². The van der Waals surface area contributed by atoms with E-state index in [0.717, 1.165) is 5.56 Å². The first kappa shape index (κ1) is 12.5. The highest BCUT2D eigenvalue weighted by molar-refractivity contribution is 5.75. The van der Waals surface area contributed by atoms with Crippen LogP contribution in [0.25, 0.3) is 0 Å². The van der Waals surface area contributed by atoms with Gasteiger partial charge in [-0.05, 0) is 5.56 Å². The highest BCUT2D eigenvalue weighted by atomic mass is 19.4. The first-order valence-corrected chi connectivity index (χ1v) is 4.70. The van der Waals surface area contributed by atoms with Gasteiger partial charge in [-0.25, -0.2) is 4.79 Å². The Balaban J connectivity index is 2.48. The zero-order valence-corrected chi connectivity index (χ0v) is 8.62. The van der Waals surface area contributed by atoms with Gasteiger partial charge in [0.15, 0.2) is 0 Å². The van der Waals surface area contributed by atoms with Crippen molar-refractivity contribution in [1.82, 2.24) is 0 Å². The topological polar surface area (TPSA) is 26.3 Å². The van der Waals surface area contributed by atoms with Gasteiger partial charge in [0.25, 0.3) is 0 Å². The smallest absolute Gasteiger partial charge is 0.458 e. The van der Waals surface area contributed by atoms with Crippen molar-refractivity contribution in [3.8, 4) is 0 Å². The molecule has 0 spiro atoms. The van der Waals surface area contributed by atoms with Gasteiger partial charge in [-0.1, -0.05) is 37.3 Å². The Bertz CT molecular complexity index is 346. The monoisotopic (exact) mass is 232 g/mol. The minimum absolute atomic E-state index is 0.257. The predicted molar refractivity (Wildman–Crippen MR) is 51.9 cm³/mol. The van der Waals surface area contributed by atoms with E-state index in [1.165, 1.54) is 0 Å². The molecule has 1 rings (SSSR count). The fourth-order valence-electron chi connectivity index (χ4n) is 1.16. The van der Waals surface area contributed by atoms with Gasteiger partial charge in [0, 0.05) is 5.92 Å². The van der Waals surface area contributed by atoms with Gasteiger partial charge in [0.1, 0.15) is 0 Å². The lowest BCUT2D eigenvalue weighted by Crippen LogP contribution is -2.26. The Morgan fingerprint density at radius 2 is 1.88 bits per heavy atom. The number of hydrogen-bond donors (Lipinski definition) is 0. The van der Waals surface area contributed by atoms with Crippen molar-refractivity contribution < 1.29 is 22.7 Å². The Morgan fingerprint density at radius 3 is 2.38 bits per heavy atom. The molecule has 0 unspecified atom stereocenters. The van der Waals surface area contributed by atoms with Crippen LogP contribution >= 0.6 is 0 Å². The van der Waals surface area contributed by atoms with E-state index < -0.39 is 12.1 Å². The van der Waals surface area contributed by atoms with Gasteiger partial charge < -0.3 is 4.74 Å². The SMILES string of the molecule is C[C@@H](COC(=O)C(F)(F)F)c1ccccc1. The Labute approximate surface area is 91.0 Å². The summed E-state index contributed by atoms with van der Waals surface area (Å²) >= 11 is 0. The Hall–Kier alpha value is -1.52. The molecule has 0 saturated carbocycles. The first-order chi connectivity index (χ1) is 7.41. The number of halogens is 3. The molecule has 1 aromatic carbocycles. The third-order valence-corrected chi connectivity index (χ3v) is 2.06. The summed E-state index contributed by atoms with van der Waals surface area (Å²) in [6.07, 6.45) is -4.92. The van der Waals surface area contributed by atoms with Crippen LogP contribution in [0.4, 0.5) is 13.2 Å². The predicted octanol–water partition coefficient (Wildman–Crippen LogP) is 2.90. The molecule has 16 heavy (non-hydrogen) atoms. The summed E-state index contributed by atoms with van der Waals surface area (Å²) < 4.78 is 39.6. The number of carbonyl (C=O) groups excluding carboxylic acids is 1. The molecule has 5 heteroatoms. The van der Waals surface area contributed by atoms with Crippen LogP contribution in [-0.4, -0.2) is 18.8 Å².